The highest BCUT2D eigenvalue weighted by Gasteiger charge is 2.24. The van der Waals surface area contributed by atoms with Crippen molar-refractivity contribution in [3.05, 3.63) is 48.0 Å². The average Bonchev–Trinajstić information content (AvgIpc) is 2.39. The van der Waals surface area contributed by atoms with Crippen molar-refractivity contribution in [2.45, 2.75) is 18.4 Å². The molecule has 2 atom stereocenters. The second kappa shape index (κ2) is 4.47. The number of aliphatic hydroxyl groups is 1. The van der Waals surface area contributed by atoms with Crippen molar-refractivity contribution in [3.63, 3.8) is 0 Å². The van der Waals surface area contributed by atoms with Crippen molar-refractivity contribution in [1.29, 1.82) is 0 Å². The Kier molecular flexibility index (Phi) is 2.83. The lowest BCUT2D eigenvalue weighted by molar-refractivity contribution is 0.118. The molecule has 1 aliphatic rings. The molecule has 2 aromatic rings. The molecule has 0 amide bonds. The Morgan fingerprint density at radius 3 is 2.71 bits per heavy atom. The second-order valence-electron chi connectivity index (χ2n) is 4.77. The van der Waals surface area contributed by atoms with Gasteiger partial charge in [0.05, 0.1) is 6.10 Å². The lowest BCUT2D eigenvalue weighted by Gasteiger charge is -2.28. The van der Waals surface area contributed by atoms with E-state index in [9.17, 15) is 5.11 Å². The maximum atomic E-state index is 10.0. The number of piperidine rings is 1. The first-order valence-corrected chi connectivity index (χ1v) is 6.22. The van der Waals surface area contributed by atoms with Crippen LogP contribution in [-0.4, -0.2) is 24.3 Å². The van der Waals surface area contributed by atoms with Crippen LogP contribution in [0.5, 0.6) is 0 Å². The van der Waals surface area contributed by atoms with Crippen molar-refractivity contribution in [2.24, 2.45) is 0 Å². The Morgan fingerprint density at radius 1 is 1.06 bits per heavy atom. The van der Waals surface area contributed by atoms with Gasteiger partial charge in [-0.3, -0.25) is 0 Å². The highest BCUT2D eigenvalue weighted by atomic mass is 16.3. The molecule has 2 unspecified atom stereocenters. The number of benzene rings is 2. The Morgan fingerprint density at radius 2 is 1.88 bits per heavy atom. The summed E-state index contributed by atoms with van der Waals surface area (Å²) < 4.78 is 0. The van der Waals surface area contributed by atoms with Gasteiger partial charge in [0.15, 0.2) is 0 Å². The van der Waals surface area contributed by atoms with Crippen LogP contribution in [0.1, 0.15) is 17.9 Å². The number of β-amino-alcohol motifs (C(OH)–C–C–N with tert-alkyl or cyclic N) is 1. The monoisotopic (exact) mass is 227 g/mol. The summed E-state index contributed by atoms with van der Waals surface area (Å²) in [5.74, 6) is 0.279. The Labute approximate surface area is 101 Å². The van der Waals surface area contributed by atoms with Gasteiger partial charge in [-0.1, -0.05) is 42.5 Å². The molecular formula is C15H17NO. The first kappa shape index (κ1) is 10.8. The summed E-state index contributed by atoms with van der Waals surface area (Å²) in [6.07, 6.45) is 0.754. The van der Waals surface area contributed by atoms with Gasteiger partial charge in [-0.2, -0.15) is 0 Å². The summed E-state index contributed by atoms with van der Waals surface area (Å²) in [4.78, 5) is 0. The minimum Gasteiger partial charge on any atom is -0.391 e. The van der Waals surface area contributed by atoms with Crippen LogP contribution in [-0.2, 0) is 0 Å². The lowest BCUT2D eigenvalue weighted by atomic mass is 9.87. The van der Waals surface area contributed by atoms with Crippen molar-refractivity contribution in [2.75, 3.05) is 13.1 Å². The molecule has 0 spiro atoms. The van der Waals surface area contributed by atoms with Crippen LogP contribution in [0.4, 0.5) is 0 Å². The largest absolute Gasteiger partial charge is 0.391 e. The summed E-state index contributed by atoms with van der Waals surface area (Å²) in [5.41, 5.74) is 1.26. The molecule has 88 valence electrons. The van der Waals surface area contributed by atoms with E-state index in [2.05, 4.69) is 47.8 Å². The molecule has 0 radical (unpaired) electrons. The summed E-state index contributed by atoms with van der Waals surface area (Å²) in [6, 6.07) is 14.9. The molecule has 2 heteroatoms. The quantitative estimate of drug-likeness (QED) is 0.783. The third-order valence-electron chi connectivity index (χ3n) is 3.65. The van der Waals surface area contributed by atoms with E-state index in [0.29, 0.717) is 6.54 Å². The van der Waals surface area contributed by atoms with Crippen LogP contribution in [0.15, 0.2) is 42.5 Å². The average molecular weight is 227 g/mol. The van der Waals surface area contributed by atoms with Gasteiger partial charge in [0.25, 0.3) is 0 Å². The van der Waals surface area contributed by atoms with Crippen molar-refractivity contribution in [1.82, 2.24) is 5.32 Å². The zero-order chi connectivity index (χ0) is 11.7. The molecule has 1 saturated heterocycles. The summed E-state index contributed by atoms with van der Waals surface area (Å²) in [6.45, 7) is 1.70. The number of aliphatic hydroxyl groups excluding tert-OH is 1. The highest BCUT2D eigenvalue weighted by molar-refractivity contribution is 5.83. The van der Waals surface area contributed by atoms with Gasteiger partial charge in [0, 0.05) is 12.5 Å². The zero-order valence-electron chi connectivity index (χ0n) is 9.76. The smallest absolute Gasteiger partial charge is 0.0733 e. The number of rotatable bonds is 1. The van der Waals surface area contributed by atoms with E-state index in [1.807, 2.05) is 0 Å². The molecule has 17 heavy (non-hydrogen) atoms. The van der Waals surface area contributed by atoms with Gasteiger partial charge in [0.2, 0.25) is 0 Å². The SMILES string of the molecule is OC1CNCCC1c1ccc2ccccc2c1. The predicted molar refractivity (Wildman–Crippen MR) is 70.2 cm³/mol. The number of nitrogens with one attached hydrogen (secondary N) is 1. The van der Waals surface area contributed by atoms with Crippen LogP contribution in [0.2, 0.25) is 0 Å². The normalized spacial score (nSPS) is 25.0. The molecular weight excluding hydrogens is 210 g/mol. The van der Waals surface area contributed by atoms with E-state index < -0.39 is 0 Å². The van der Waals surface area contributed by atoms with E-state index >= 15 is 0 Å². The van der Waals surface area contributed by atoms with Crippen LogP contribution in [0.25, 0.3) is 10.8 Å². The fourth-order valence-corrected chi connectivity index (χ4v) is 2.67. The minimum absolute atomic E-state index is 0.259. The number of hydrogen-bond donors (Lipinski definition) is 2. The van der Waals surface area contributed by atoms with Crippen LogP contribution >= 0.6 is 0 Å². The predicted octanol–water partition coefficient (Wildman–Crippen LogP) is 2.28. The van der Waals surface area contributed by atoms with Gasteiger partial charge >= 0.3 is 0 Å². The molecule has 0 aliphatic carbocycles. The van der Waals surface area contributed by atoms with Crippen LogP contribution < -0.4 is 5.32 Å². The number of hydrogen-bond acceptors (Lipinski definition) is 2. The van der Waals surface area contributed by atoms with E-state index in [1.165, 1.54) is 16.3 Å². The van der Waals surface area contributed by atoms with Crippen molar-refractivity contribution in [3.8, 4) is 0 Å². The van der Waals surface area contributed by atoms with E-state index in [-0.39, 0.29) is 12.0 Å². The summed E-state index contributed by atoms with van der Waals surface area (Å²) in [7, 11) is 0. The van der Waals surface area contributed by atoms with E-state index in [4.69, 9.17) is 0 Å². The van der Waals surface area contributed by atoms with Crippen LogP contribution in [0.3, 0.4) is 0 Å². The van der Waals surface area contributed by atoms with Crippen LogP contribution in [0, 0.1) is 0 Å². The maximum absolute atomic E-state index is 10.0. The van der Waals surface area contributed by atoms with Gasteiger partial charge in [-0.15, -0.1) is 0 Å². The third-order valence-corrected chi connectivity index (χ3v) is 3.65. The zero-order valence-corrected chi connectivity index (χ0v) is 9.76. The Hall–Kier alpha value is -1.38. The third kappa shape index (κ3) is 2.06. The molecule has 1 fully saturated rings. The standard InChI is InChI=1S/C15H17NO/c17-15-10-16-8-7-14(15)13-6-5-11-3-1-2-4-12(11)9-13/h1-6,9,14-17H,7-8,10H2. The van der Waals surface area contributed by atoms with Gasteiger partial charge in [-0.25, -0.2) is 0 Å². The van der Waals surface area contributed by atoms with Crippen molar-refractivity contribution >= 4 is 10.8 Å². The molecule has 2 N–H and O–H groups in total. The van der Waals surface area contributed by atoms with E-state index in [0.717, 1.165) is 13.0 Å². The fourth-order valence-electron chi connectivity index (χ4n) is 2.67. The topological polar surface area (TPSA) is 32.3 Å². The van der Waals surface area contributed by atoms with Gasteiger partial charge in [0.1, 0.15) is 0 Å². The first-order valence-electron chi connectivity index (χ1n) is 6.22. The number of fused-ring (bicyclic) bond motifs is 1. The van der Waals surface area contributed by atoms with E-state index in [1.54, 1.807) is 0 Å². The van der Waals surface area contributed by atoms with Crippen molar-refractivity contribution < 1.29 is 5.11 Å². The molecule has 0 aromatic heterocycles. The Bertz CT molecular complexity index is 523. The Balaban J connectivity index is 1.99. The summed E-state index contributed by atoms with van der Waals surface area (Å²) in [5, 5.41) is 15.8. The molecule has 2 nitrogen and oxygen atoms in total. The first-order chi connectivity index (χ1) is 8.34. The van der Waals surface area contributed by atoms with Gasteiger partial charge < -0.3 is 10.4 Å². The lowest BCUT2D eigenvalue weighted by Crippen LogP contribution is -2.39. The molecule has 2 aromatic carbocycles. The molecule has 1 aliphatic heterocycles. The maximum Gasteiger partial charge on any atom is 0.0733 e. The second-order valence-corrected chi connectivity index (χ2v) is 4.77. The minimum atomic E-state index is -0.259. The molecule has 1 heterocycles. The van der Waals surface area contributed by atoms with Gasteiger partial charge in [-0.05, 0) is 29.3 Å². The summed E-state index contributed by atoms with van der Waals surface area (Å²) >= 11 is 0. The molecule has 3 rings (SSSR count). The molecule has 0 saturated carbocycles. The fraction of sp³-hybridized carbons (Fsp3) is 0.333. The highest BCUT2D eigenvalue weighted by Crippen LogP contribution is 2.28. The molecule has 0 bridgehead atoms.